The summed E-state index contributed by atoms with van der Waals surface area (Å²) in [6, 6.07) is 0. The lowest BCUT2D eigenvalue weighted by molar-refractivity contribution is -0.0616. The second-order valence-electron chi connectivity index (χ2n) is 7.66. The van der Waals surface area contributed by atoms with Gasteiger partial charge in [-0.3, -0.25) is 0 Å². The summed E-state index contributed by atoms with van der Waals surface area (Å²) < 4.78 is 11.6. The minimum atomic E-state index is -0.0417. The highest BCUT2D eigenvalue weighted by atomic mass is 16.5. The van der Waals surface area contributed by atoms with Crippen LogP contribution in [0, 0.1) is 5.41 Å². The quantitative estimate of drug-likeness (QED) is 0.644. The zero-order valence-electron chi connectivity index (χ0n) is 13.1. The van der Waals surface area contributed by atoms with Crippen LogP contribution in [0.5, 0.6) is 0 Å². The Morgan fingerprint density at radius 1 is 0.706 bits per heavy atom. The van der Waals surface area contributed by atoms with Gasteiger partial charge < -0.3 is 9.47 Å². The first-order chi connectivity index (χ1) is 7.41. The van der Waals surface area contributed by atoms with Crippen LogP contribution in [0.2, 0.25) is 0 Å². The molecular formula is C15H32O2. The first-order valence-corrected chi connectivity index (χ1v) is 6.69. The third kappa shape index (κ3) is 12.2. The first kappa shape index (κ1) is 16.9. The highest BCUT2D eigenvalue weighted by molar-refractivity contribution is 4.76. The van der Waals surface area contributed by atoms with Crippen molar-refractivity contribution in [2.24, 2.45) is 5.41 Å². The largest absolute Gasteiger partial charge is 0.376 e. The maximum atomic E-state index is 5.94. The van der Waals surface area contributed by atoms with E-state index < -0.39 is 0 Å². The van der Waals surface area contributed by atoms with Crippen LogP contribution >= 0.6 is 0 Å². The smallest absolute Gasteiger partial charge is 0.0631 e. The summed E-state index contributed by atoms with van der Waals surface area (Å²) in [7, 11) is 0. The summed E-state index contributed by atoms with van der Waals surface area (Å²) in [5.74, 6) is 0. The van der Waals surface area contributed by atoms with Crippen LogP contribution in [0.1, 0.15) is 68.2 Å². The van der Waals surface area contributed by atoms with E-state index in [0.29, 0.717) is 5.41 Å². The molecule has 0 bridgehead atoms. The predicted octanol–water partition coefficient (Wildman–Crippen LogP) is 4.42. The molecule has 0 unspecified atom stereocenters. The molecule has 0 saturated carbocycles. The van der Waals surface area contributed by atoms with Gasteiger partial charge >= 0.3 is 0 Å². The van der Waals surface area contributed by atoms with Gasteiger partial charge in [-0.2, -0.15) is 0 Å². The van der Waals surface area contributed by atoms with Gasteiger partial charge in [-0.25, -0.2) is 0 Å². The van der Waals surface area contributed by atoms with Crippen molar-refractivity contribution in [3.05, 3.63) is 0 Å². The highest BCUT2D eigenvalue weighted by Crippen LogP contribution is 2.29. The zero-order chi connectivity index (χ0) is 13.7. The monoisotopic (exact) mass is 244 g/mol. The van der Waals surface area contributed by atoms with Crippen LogP contribution in [0.3, 0.4) is 0 Å². The molecule has 0 aromatic carbocycles. The fraction of sp³-hybridized carbons (Fsp3) is 1.00. The Morgan fingerprint density at radius 3 is 1.59 bits per heavy atom. The second-order valence-corrected chi connectivity index (χ2v) is 7.66. The van der Waals surface area contributed by atoms with Gasteiger partial charge in [0.15, 0.2) is 0 Å². The van der Waals surface area contributed by atoms with Gasteiger partial charge in [0.25, 0.3) is 0 Å². The summed E-state index contributed by atoms with van der Waals surface area (Å²) in [5.41, 5.74) is 0.228. The van der Waals surface area contributed by atoms with Crippen LogP contribution in [-0.2, 0) is 9.47 Å². The number of hydrogen-bond donors (Lipinski definition) is 0. The van der Waals surface area contributed by atoms with Crippen molar-refractivity contribution in [2.75, 3.05) is 13.2 Å². The molecule has 0 aromatic rings. The maximum Gasteiger partial charge on any atom is 0.0631 e. The molecule has 17 heavy (non-hydrogen) atoms. The van der Waals surface area contributed by atoms with E-state index in [2.05, 4.69) is 55.4 Å². The standard InChI is InChI=1S/C15H32O2/c1-13(2,3)12-15(7,8)17-11-9-10-16-14(4,5)6/h9-12H2,1-8H3. The minimum absolute atomic E-state index is 0.0407. The molecular weight excluding hydrogens is 212 g/mol. The Balaban J connectivity index is 3.74. The summed E-state index contributed by atoms with van der Waals surface area (Å²) >= 11 is 0. The second kappa shape index (κ2) is 6.19. The lowest BCUT2D eigenvalue weighted by Crippen LogP contribution is -2.31. The molecule has 0 spiro atoms. The fourth-order valence-corrected chi connectivity index (χ4v) is 2.11. The lowest BCUT2D eigenvalue weighted by atomic mass is 9.84. The van der Waals surface area contributed by atoms with Gasteiger partial charge in [0, 0.05) is 13.2 Å². The van der Waals surface area contributed by atoms with Gasteiger partial charge in [-0.1, -0.05) is 20.8 Å². The van der Waals surface area contributed by atoms with Crippen molar-refractivity contribution in [2.45, 2.75) is 79.4 Å². The molecule has 0 radical (unpaired) electrons. The average Bonchev–Trinajstić information content (AvgIpc) is 1.95. The number of rotatable bonds is 6. The molecule has 0 atom stereocenters. The Morgan fingerprint density at radius 2 is 1.18 bits per heavy atom. The summed E-state index contributed by atoms with van der Waals surface area (Å²) in [4.78, 5) is 0. The van der Waals surface area contributed by atoms with E-state index in [-0.39, 0.29) is 11.2 Å². The van der Waals surface area contributed by atoms with E-state index in [4.69, 9.17) is 9.47 Å². The Bertz CT molecular complexity index is 206. The van der Waals surface area contributed by atoms with Crippen molar-refractivity contribution in [3.63, 3.8) is 0 Å². The van der Waals surface area contributed by atoms with Gasteiger partial charge in [0.2, 0.25) is 0 Å². The molecule has 0 aliphatic carbocycles. The fourth-order valence-electron chi connectivity index (χ4n) is 2.11. The van der Waals surface area contributed by atoms with Crippen LogP contribution in [0.15, 0.2) is 0 Å². The molecule has 2 heteroatoms. The topological polar surface area (TPSA) is 18.5 Å². The molecule has 0 saturated heterocycles. The van der Waals surface area contributed by atoms with E-state index in [1.54, 1.807) is 0 Å². The number of ether oxygens (including phenoxy) is 2. The molecule has 0 aliphatic heterocycles. The van der Waals surface area contributed by atoms with E-state index in [1.165, 1.54) is 0 Å². The van der Waals surface area contributed by atoms with Gasteiger partial charge in [-0.05, 0) is 52.9 Å². The maximum absolute atomic E-state index is 5.94. The SMILES string of the molecule is CC(C)(C)CC(C)(C)OCCCOC(C)(C)C. The molecule has 0 heterocycles. The van der Waals surface area contributed by atoms with Crippen molar-refractivity contribution in [3.8, 4) is 0 Å². The van der Waals surface area contributed by atoms with Crippen molar-refractivity contribution in [1.82, 2.24) is 0 Å². The lowest BCUT2D eigenvalue weighted by Gasteiger charge is -2.32. The normalized spacial score (nSPS) is 14.1. The van der Waals surface area contributed by atoms with E-state index in [1.807, 2.05) is 0 Å². The van der Waals surface area contributed by atoms with Crippen molar-refractivity contribution in [1.29, 1.82) is 0 Å². The predicted molar refractivity (Wildman–Crippen MR) is 74.4 cm³/mol. The van der Waals surface area contributed by atoms with E-state index >= 15 is 0 Å². The van der Waals surface area contributed by atoms with Crippen LogP contribution in [-0.4, -0.2) is 24.4 Å². The molecule has 0 fully saturated rings. The Kier molecular flexibility index (Phi) is 6.16. The summed E-state index contributed by atoms with van der Waals surface area (Å²) in [6.07, 6.45) is 2.03. The van der Waals surface area contributed by atoms with Crippen molar-refractivity contribution < 1.29 is 9.47 Å². The number of hydrogen-bond acceptors (Lipinski definition) is 2. The molecule has 104 valence electrons. The molecule has 0 N–H and O–H groups in total. The molecule has 0 amide bonds. The van der Waals surface area contributed by atoms with Gasteiger partial charge in [-0.15, -0.1) is 0 Å². The molecule has 0 aliphatic rings. The van der Waals surface area contributed by atoms with E-state index in [0.717, 1.165) is 26.1 Å². The molecule has 0 aromatic heterocycles. The summed E-state index contributed by atoms with van der Waals surface area (Å²) in [6.45, 7) is 18.9. The van der Waals surface area contributed by atoms with Crippen LogP contribution in [0.25, 0.3) is 0 Å². The first-order valence-electron chi connectivity index (χ1n) is 6.69. The molecule has 0 rings (SSSR count). The van der Waals surface area contributed by atoms with Crippen molar-refractivity contribution >= 4 is 0 Å². The Hall–Kier alpha value is -0.0800. The van der Waals surface area contributed by atoms with Gasteiger partial charge in [0.1, 0.15) is 0 Å². The Labute approximate surface area is 108 Å². The zero-order valence-corrected chi connectivity index (χ0v) is 13.1. The minimum Gasteiger partial charge on any atom is -0.376 e. The third-order valence-corrected chi connectivity index (χ3v) is 2.27. The average molecular weight is 244 g/mol. The molecule has 2 nitrogen and oxygen atoms in total. The van der Waals surface area contributed by atoms with Gasteiger partial charge in [0.05, 0.1) is 11.2 Å². The van der Waals surface area contributed by atoms with Crippen LogP contribution in [0.4, 0.5) is 0 Å². The summed E-state index contributed by atoms with van der Waals surface area (Å²) in [5, 5.41) is 0. The third-order valence-electron chi connectivity index (χ3n) is 2.27. The van der Waals surface area contributed by atoms with Crippen LogP contribution < -0.4 is 0 Å². The highest BCUT2D eigenvalue weighted by Gasteiger charge is 2.25. The van der Waals surface area contributed by atoms with E-state index in [9.17, 15) is 0 Å².